The van der Waals surface area contributed by atoms with Crippen molar-refractivity contribution in [3.8, 4) is 0 Å². The van der Waals surface area contributed by atoms with Crippen molar-refractivity contribution in [2.75, 3.05) is 19.8 Å². The minimum absolute atomic E-state index is 0.0280. The Balaban J connectivity index is 4.26. The molecule has 12 heteroatoms. The quantitative estimate of drug-likeness (QED) is 0.234. The fourth-order valence-corrected chi connectivity index (χ4v) is 2.26. The topological polar surface area (TPSA) is 169 Å². The number of carboxylic acids is 1. The molecule has 0 aliphatic rings. The number of carbonyl (C=O) groups is 3. The second-order valence-corrected chi connectivity index (χ2v) is 6.77. The van der Waals surface area contributed by atoms with Gasteiger partial charge in [0.15, 0.2) is 6.04 Å². The summed E-state index contributed by atoms with van der Waals surface area (Å²) in [6.45, 7) is 1.50. The predicted molar refractivity (Wildman–Crippen MR) is 88.1 cm³/mol. The Hall–Kier alpha value is -1.52. The Morgan fingerprint density at radius 3 is 2.27 bits per heavy atom. The van der Waals surface area contributed by atoms with Crippen molar-refractivity contribution >= 4 is 25.7 Å². The number of ether oxygens (including phenoxy) is 1. The maximum atomic E-state index is 11.7. The highest BCUT2D eigenvalue weighted by atomic mass is 31.2. The average Bonchev–Trinajstić information content (AvgIpc) is 2.59. The maximum Gasteiger partial charge on any atom is 0.472 e. The summed E-state index contributed by atoms with van der Waals surface area (Å²) in [4.78, 5) is 42.9. The van der Waals surface area contributed by atoms with Crippen LogP contribution in [0.15, 0.2) is 0 Å². The normalized spacial score (nSPS) is 15.5. The van der Waals surface area contributed by atoms with E-state index in [2.05, 4.69) is 14.4 Å². The molecular weight excluding hydrogens is 373 g/mol. The fourth-order valence-electron chi connectivity index (χ4n) is 1.49. The first kappa shape index (κ1) is 24.5. The van der Waals surface area contributed by atoms with E-state index in [-0.39, 0.29) is 12.8 Å². The van der Waals surface area contributed by atoms with Crippen molar-refractivity contribution in [2.24, 2.45) is 0 Å². The highest BCUT2D eigenvalue weighted by Gasteiger charge is 2.28. The van der Waals surface area contributed by atoms with E-state index in [1.54, 1.807) is 0 Å². The van der Waals surface area contributed by atoms with Gasteiger partial charge in [0, 0.05) is 12.8 Å². The fraction of sp³-hybridized carbons (Fsp3) is 0.786. The van der Waals surface area contributed by atoms with Crippen LogP contribution in [0.4, 0.5) is 0 Å². The van der Waals surface area contributed by atoms with Crippen molar-refractivity contribution in [3.05, 3.63) is 0 Å². The van der Waals surface area contributed by atoms with Crippen molar-refractivity contribution in [3.63, 3.8) is 0 Å². The van der Waals surface area contributed by atoms with Crippen LogP contribution in [-0.4, -0.2) is 64.9 Å². The summed E-state index contributed by atoms with van der Waals surface area (Å²) >= 11 is 0. The van der Waals surface area contributed by atoms with E-state index in [0.29, 0.717) is 6.42 Å². The van der Waals surface area contributed by atoms with Gasteiger partial charge in [-0.25, -0.2) is 9.36 Å². The number of carboxylic acid groups (broad SMARTS) is 1. The van der Waals surface area contributed by atoms with Crippen LogP contribution < -0.4 is 5.32 Å². The summed E-state index contributed by atoms with van der Waals surface area (Å²) in [5, 5.41) is 20.6. The standard InChI is InChI=1S/C14H26NO10P/c1-3-5-6-13(18)23-7-10(16)8-24-26(21,22)25-9-11(14(19)20)15-12(17)4-2/h10-11,16H,3-9H2,1-2H3,(H,15,17)(H,19,20)(H,21,22). The number of aliphatic carboxylic acids is 1. The van der Waals surface area contributed by atoms with E-state index in [9.17, 15) is 28.9 Å². The summed E-state index contributed by atoms with van der Waals surface area (Å²) in [5.41, 5.74) is 0. The zero-order valence-electron chi connectivity index (χ0n) is 14.8. The zero-order chi connectivity index (χ0) is 20.2. The average molecular weight is 399 g/mol. The van der Waals surface area contributed by atoms with Gasteiger partial charge in [-0.3, -0.25) is 18.6 Å². The second-order valence-electron chi connectivity index (χ2n) is 5.31. The third kappa shape index (κ3) is 11.9. The first-order valence-electron chi connectivity index (χ1n) is 8.09. The number of phosphoric acid groups is 1. The molecule has 0 heterocycles. The molecule has 3 unspecified atom stereocenters. The van der Waals surface area contributed by atoms with Gasteiger partial charge >= 0.3 is 19.8 Å². The Morgan fingerprint density at radius 1 is 1.12 bits per heavy atom. The molecule has 152 valence electrons. The minimum atomic E-state index is -4.67. The summed E-state index contributed by atoms with van der Waals surface area (Å²) in [6, 6.07) is -1.53. The number of carbonyl (C=O) groups excluding carboxylic acids is 2. The Kier molecular flexibility index (Phi) is 12.0. The van der Waals surface area contributed by atoms with Crippen molar-refractivity contribution in [1.29, 1.82) is 0 Å². The Bertz CT molecular complexity index is 512. The van der Waals surface area contributed by atoms with Crippen LogP contribution in [0.25, 0.3) is 0 Å². The van der Waals surface area contributed by atoms with Crippen LogP contribution >= 0.6 is 7.82 Å². The number of rotatable bonds is 14. The maximum absolute atomic E-state index is 11.7. The van der Waals surface area contributed by atoms with Gasteiger partial charge in [-0.05, 0) is 6.42 Å². The number of esters is 1. The number of amides is 1. The van der Waals surface area contributed by atoms with E-state index in [4.69, 9.17) is 9.84 Å². The number of phosphoric ester groups is 1. The van der Waals surface area contributed by atoms with Gasteiger partial charge in [0.1, 0.15) is 12.7 Å². The molecule has 0 rings (SSSR count). The molecule has 0 aromatic carbocycles. The third-order valence-corrected chi connectivity index (χ3v) is 3.91. The molecule has 0 fully saturated rings. The molecule has 0 saturated heterocycles. The van der Waals surface area contributed by atoms with E-state index >= 15 is 0 Å². The smallest absolute Gasteiger partial charge is 0.472 e. The lowest BCUT2D eigenvalue weighted by Gasteiger charge is -2.18. The lowest BCUT2D eigenvalue weighted by atomic mass is 10.2. The second kappa shape index (κ2) is 12.8. The van der Waals surface area contributed by atoms with Crippen LogP contribution in [0, 0.1) is 0 Å². The molecule has 0 aliphatic carbocycles. The first-order chi connectivity index (χ1) is 12.1. The monoisotopic (exact) mass is 399 g/mol. The van der Waals surface area contributed by atoms with E-state index in [1.165, 1.54) is 6.92 Å². The van der Waals surface area contributed by atoms with Crippen molar-refractivity contribution < 1.29 is 47.8 Å². The molecule has 4 N–H and O–H groups in total. The summed E-state index contributed by atoms with van der Waals surface area (Å²) in [5.74, 6) is -2.54. The molecule has 1 amide bonds. The van der Waals surface area contributed by atoms with Crippen LogP contribution in [0.5, 0.6) is 0 Å². The van der Waals surface area contributed by atoms with Crippen LogP contribution in [0.1, 0.15) is 39.5 Å². The number of nitrogens with one attached hydrogen (secondary N) is 1. The number of hydrogen-bond acceptors (Lipinski definition) is 8. The van der Waals surface area contributed by atoms with Gasteiger partial charge in [0.05, 0.1) is 13.2 Å². The number of unbranched alkanes of at least 4 members (excludes halogenated alkanes) is 1. The molecule has 0 aromatic rings. The number of aliphatic hydroxyl groups is 1. The van der Waals surface area contributed by atoms with Gasteiger partial charge in [0.2, 0.25) is 5.91 Å². The largest absolute Gasteiger partial charge is 0.480 e. The van der Waals surface area contributed by atoms with Crippen molar-refractivity contribution in [2.45, 2.75) is 51.7 Å². The highest BCUT2D eigenvalue weighted by molar-refractivity contribution is 7.47. The van der Waals surface area contributed by atoms with Gasteiger partial charge in [0.25, 0.3) is 0 Å². The van der Waals surface area contributed by atoms with Crippen LogP contribution in [0.2, 0.25) is 0 Å². The molecule has 11 nitrogen and oxygen atoms in total. The molecule has 26 heavy (non-hydrogen) atoms. The third-order valence-electron chi connectivity index (χ3n) is 2.96. The minimum Gasteiger partial charge on any atom is -0.480 e. The zero-order valence-corrected chi connectivity index (χ0v) is 15.6. The molecule has 3 atom stereocenters. The number of aliphatic hydroxyl groups excluding tert-OH is 1. The Labute approximate surface area is 151 Å². The van der Waals surface area contributed by atoms with Gasteiger partial charge in [-0.1, -0.05) is 20.3 Å². The number of hydrogen-bond donors (Lipinski definition) is 4. The molecule has 0 aromatic heterocycles. The molecule has 0 bridgehead atoms. The molecular formula is C14H26NO10P. The van der Waals surface area contributed by atoms with Crippen LogP contribution in [0.3, 0.4) is 0 Å². The first-order valence-corrected chi connectivity index (χ1v) is 9.58. The molecule has 0 radical (unpaired) electrons. The van der Waals surface area contributed by atoms with E-state index in [1.807, 2.05) is 6.92 Å². The van der Waals surface area contributed by atoms with Gasteiger partial charge in [-0.15, -0.1) is 0 Å². The van der Waals surface area contributed by atoms with Crippen LogP contribution in [-0.2, 0) is 32.7 Å². The lowest BCUT2D eigenvalue weighted by molar-refractivity contribution is -0.147. The summed E-state index contributed by atoms with van der Waals surface area (Å²) in [6.07, 6.45) is 0.317. The van der Waals surface area contributed by atoms with E-state index in [0.717, 1.165) is 6.42 Å². The van der Waals surface area contributed by atoms with Gasteiger partial charge in [-0.2, -0.15) is 0 Å². The molecule has 0 aliphatic heterocycles. The molecule has 0 spiro atoms. The molecule has 0 saturated carbocycles. The predicted octanol–water partition coefficient (Wildman–Crippen LogP) is 0.194. The SMILES string of the molecule is CCCCC(=O)OCC(O)COP(=O)(O)OCC(NC(=O)CC)C(=O)O. The summed E-state index contributed by atoms with van der Waals surface area (Å²) in [7, 11) is -4.67. The Morgan fingerprint density at radius 2 is 1.73 bits per heavy atom. The van der Waals surface area contributed by atoms with Crippen molar-refractivity contribution in [1.82, 2.24) is 5.32 Å². The highest BCUT2D eigenvalue weighted by Crippen LogP contribution is 2.43. The van der Waals surface area contributed by atoms with Gasteiger partial charge < -0.3 is 25.2 Å². The lowest BCUT2D eigenvalue weighted by Crippen LogP contribution is -2.43. The summed E-state index contributed by atoms with van der Waals surface area (Å²) < 4.78 is 25.4. The van der Waals surface area contributed by atoms with E-state index < -0.39 is 57.6 Å².